The molecule has 10 heteroatoms. The summed E-state index contributed by atoms with van der Waals surface area (Å²) in [6.07, 6.45) is 0.423. The van der Waals surface area contributed by atoms with Crippen molar-refractivity contribution >= 4 is 5.91 Å². The van der Waals surface area contributed by atoms with Gasteiger partial charge in [0.2, 0.25) is 0 Å². The third-order valence-corrected chi connectivity index (χ3v) is 6.19. The van der Waals surface area contributed by atoms with Gasteiger partial charge in [-0.3, -0.25) is 4.79 Å². The topological polar surface area (TPSA) is 87.4 Å². The van der Waals surface area contributed by atoms with Gasteiger partial charge < -0.3 is 20.3 Å². The number of hydrogen-bond donors (Lipinski definition) is 3. The van der Waals surface area contributed by atoms with Gasteiger partial charge in [-0.25, -0.2) is 4.39 Å². The molecule has 2 atom stereocenters. The number of aliphatic hydroxyl groups is 1. The maximum atomic E-state index is 14.2. The number of nitrogens with zero attached hydrogens (tertiary/aromatic N) is 1. The molecule has 2 fully saturated rings. The highest BCUT2D eigenvalue weighted by Gasteiger charge is 2.35. The molecule has 32 heavy (non-hydrogen) atoms. The normalized spacial score (nSPS) is 21.9. The lowest BCUT2D eigenvalue weighted by molar-refractivity contribution is -0.139. The highest BCUT2D eigenvalue weighted by molar-refractivity contribution is 5.95. The Morgan fingerprint density at radius 3 is 2.50 bits per heavy atom. The van der Waals surface area contributed by atoms with Crippen LogP contribution in [-0.4, -0.2) is 34.4 Å². The van der Waals surface area contributed by atoms with Gasteiger partial charge >= 0.3 is 6.18 Å². The van der Waals surface area contributed by atoms with Gasteiger partial charge in [0.15, 0.2) is 11.5 Å². The third-order valence-electron chi connectivity index (χ3n) is 6.19. The second-order valence-corrected chi connectivity index (χ2v) is 8.53. The average molecular weight is 455 g/mol. The van der Waals surface area contributed by atoms with Crippen molar-refractivity contribution in [2.45, 2.75) is 75.9 Å². The molecule has 0 bridgehead atoms. The van der Waals surface area contributed by atoms with E-state index in [0.717, 1.165) is 44.2 Å². The van der Waals surface area contributed by atoms with Crippen molar-refractivity contribution in [2.75, 3.05) is 0 Å². The van der Waals surface area contributed by atoms with Crippen LogP contribution in [0, 0.1) is 5.82 Å². The lowest BCUT2D eigenvalue weighted by Gasteiger charge is -2.27. The van der Waals surface area contributed by atoms with Crippen LogP contribution in [0.25, 0.3) is 11.3 Å². The van der Waals surface area contributed by atoms with Crippen molar-refractivity contribution in [2.24, 2.45) is 0 Å². The molecule has 174 valence electrons. The number of nitrogens with one attached hydrogen (secondary N) is 2. The molecule has 0 unspecified atom stereocenters. The minimum Gasteiger partial charge on any atom is -0.393 e. The molecule has 2 saturated carbocycles. The molecule has 0 aliphatic heterocycles. The van der Waals surface area contributed by atoms with E-state index in [2.05, 4.69) is 15.8 Å². The quantitative estimate of drug-likeness (QED) is 0.569. The van der Waals surface area contributed by atoms with Gasteiger partial charge in [-0.05, 0) is 50.7 Å². The number of carbonyl (C=O) groups excluding carboxylic acids is 1. The van der Waals surface area contributed by atoms with E-state index in [0.29, 0.717) is 24.5 Å². The van der Waals surface area contributed by atoms with E-state index in [1.54, 1.807) is 0 Å². The Morgan fingerprint density at radius 2 is 1.88 bits per heavy atom. The van der Waals surface area contributed by atoms with Crippen LogP contribution in [0.3, 0.4) is 0 Å². The van der Waals surface area contributed by atoms with Gasteiger partial charge in [-0.15, -0.1) is 0 Å². The summed E-state index contributed by atoms with van der Waals surface area (Å²) in [6.45, 7) is 0.211. The minimum atomic E-state index is -4.81. The molecule has 1 aromatic heterocycles. The van der Waals surface area contributed by atoms with E-state index in [4.69, 9.17) is 4.52 Å². The molecular weight excluding hydrogens is 430 g/mol. The zero-order chi connectivity index (χ0) is 22.9. The highest BCUT2D eigenvalue weighted by atomic mass is 19.4. The summed E-state index contributed by atoms with van der Waals surface area (Å²) in [5.41, 5.74) is -0.929. The van der Waals surface area contributed by atoms with E-state index in [1.165, 1.54) is 0 Å². The van der Waals surface area contributed by atoms with Crippen LogP contribution >= 0.6 is 0 Å². The largest absolute Gasteiger partial charge is 0.419 e. The Bertz CT molecular complexity index is 972. The third kappa shape index (κ3) is 4.96. The molecule has 1 amide bonds. The van der Waals surface area contributed by atoms with Crippen molar-refractivity contribution in [3.8, 4) is 11.3 Å². The van der Waals surface area contributed by atoms with Crippen LogP contribution < -0.4 is 10.6 Å². The summed E-state index contributed by atoms with van der Waals surface area (Å²) in [5.74, 6) is -1.86. The lowest BCUT2D eigenvalue weighted by Crippen LogP contribution is -2.40. The maximum absolute atomic E-state index is 14.2. The van der Waals surface area contributed by atoms with Crippen molar-refractivity contribution in [3.63, 3.8) is 0 Å². The Morgan fingerprint density at radius 1 is 1.16 bits per heavy atom. The number of amides is 1. The van der Waals surface area contributed by atoms with E-state index >= 15 is 0 Å². The van der Waals surface area contributed by atoms with Crippen molar-refractivity contribution < 1.29 is 32.0 Å². The summed E-state index contributed by atoms with van der Waals surface area (Å²) in [4.78, 5) is 12.9. The summed E-state index contributed by atoms with van der Waals surface area (Å²) in [6, 6.07) is 2.57. The number of hydrogen-bond acceptors (Lipinski definition) is 5. The molecule has 0 radical (unpaired) electrons. The molecule has 4 rings (SSSR count). The SMILES string of the molecule is O=C(N[C@H]1CCC[C@@H](O)C1)c1noc(-c2ccc(C(F)(F)F)c(F)c2)c1CNC1CCC1. The Balaban J connectivity index is 1.61. The first-order valence-corrected chi connectivity index (χ1v) is 10.8. The monoisotopic (exact) mass is 455 g/mol. The first kappa shape index (κ1) is 22.7. The summed E-state index contributed by atoms with van der Waals surface area (Å²) in [7, 11) is 0. The Labute approximate surface area is 182 Å². The van der Waals surface area contributed by atoms with Crippen LogP contribution in [-0.2, 0) is 12.7 Å². The van der Waals surface area contributed by atoms with Gasteiger partial charge in [0.25, 0.3) is 5.91 Å². The molecular formula is C22H25F4N3O3. The number of aliphatic hydroxyl groups excluding tert-OH is 1. The van der Waals surface area contributed by atoms with Gasteiger partial charge in [0, 0.05) is 29.8 Å². The lowest BCUT2D eigenvalue weighted by atomic mass is 9.92. The summed E-state index contributed by atoms with van der Waals surface area (Å²) in [5, 5.41) is 19.9. The molecule has 0 saturated heterocycles. The predicted molar refractivity (Wildman–Crippen MR) is 107 cm³/mol. The molecule has 6 nitrogen and oxygen atoms in total. The van der Waals surface area contributed by atoms with Crippen LogP contribution in [0.5, 0.6) is 0 Å². The second-order valence-electron chi connectivity index (χ2n) is 8.53. The first-order chi connectivity index (χ1) is 15.2. The number of halogens is 4. The molecule has 2 aliphatic carbocycles. The molecule has 3 N–H and O–H groups in total. The number of aromatic nitrogens is 1. The standard InChI is InChI=1S/C22H25F4N3O3/c23-18-9-12(7-8-17(18)22(24,25)26)20-16(11-27-13-3-1-4-13)19(29-32-20)21(31)28-14-5-2-6-15(30)10-14/h7-9,13-15,27,30H,1-6,10-11H2,(H,28,31)/t14-,15+/m0/s1. The zero-order valence-corrected chi connectivity index (χ0v) is 17.3. The van der Waals surface area contributed by atoms with E-state index in [-0.39, 0.29) is 35.6 Å². The fourth-order valence-electron chi connectivity index (χ4n) is 4.17. The van der Waals surface area contributed by atoms with Gasteiger partial charge in [0.1, 0.15) is 5.82 Å². The van der Waals surface area contributed by atoms with Crippen LogP contribution in [0.1, 0.15) is 66.6 Å². The van der Waals surface area contributed by atoms with Gasteiger partial charge in [-0.2, -0.15) is 13.2 Å². The molecule has 1 aromatic carbocycles. The molecule has 2 aromatic rings. The summed E-state index contributed by atoms with van der Waals surface area (Å²) < 4.78 is 58.2. The number of benzene rings is 1. The van der Waals surface area contributed by atoms with Crippen molar-refractivity contribution in [1.29, 1.82) is 0 Å². The number of rotatable bonds is 6. The Hall–Kier alpha value is -2.46. The van der Waals surface area contributed by atoms with Crippen LogP contribution in [0.2, 0.25) is 0 Å². The van der Waals surface area contributed by atoms with Gasteiger partial charge in [0.05, 0.1) is 11.7 Å². The average Bonchev–Trinajstić information content (AvgIpc) is 3.10. The van der Waals surface area contributed by atoms with Crippen LogP contribution in [0.4, 0.5) is 17.6 Å². The van der Waals surface area contributed by atoms with Crippen molar-refractivity contribution in [1.82, 2.24) is 15.8 Å². The molecule has 0 spiro atoms. The smallest absolute Gasteiger partial charge is 0.393 e. The Kier molecular flexibility index (Phi) is 6.52. The fraction of sp³-hybridized carbons (Fsp3) is 0.545. The molecule has 1 heterocycles. The van der Waals surface area contributed by atoms with Crippen molar-refractivity contribution in [3.05, 3.63) is 40.8 Å². The fourth-order valence-corrected chi connectivity index (χ4v) is 4.17. The van der Waals surface area contributed by atoms with E-state index < -0.39 is 29.6 Å². The number of carbonyl (C=O) groups is 1. The number of alkyl halides is 3. The maximum Gasteiger partial charge on any atom is 0.419 e. The van der Waals surface area contributed by atoms with Crippen LogP contribution in [0.15, 0.2) is 22.7 Å². The van der Waals surface area contributed by atoms with E-state index in [1.807, 2.05) is 0 Å². The minimum absolute atomic E-state index is 0.00666. The van der Waals surface area contributed by atoms with E-state index in [9.17, 15) is 27.5 Å². The zero-order valence-electron chi connectivity index (χ0n) is 17.3. The predicted octanol–water partition coefficient (Wildman–Crippen LogP) is 4.17. The second kappa shape index (κ2) is 9.19. The highest BCUT2D eigenvalue weighted by Crippen LogP contribution is 2.35. The first-order valence-electron chi connectivity index (χ1n) is 10.8. The van der Waals surface area contributed by atoms with Gasteiger partial charge in [-0.1, -0.05) is 17.6 Å². The molecule has 2 aliphatic rings. The summed E-state index contributed by atoms with van der Waals surface area (Å²) >= 11 is 0.